The molecule has 29 heavy (non-hydrogen) atoms. The van der Waals surface area contributed by atoms with Crippen LogP contribution in [0.15, 0.2) is 17.5 Å². The highest BCUT2D eigenvalue weighted by Crippen LogP contribution is 2.27. The predicted octanol–water partition coefficient (Wildman–Crippen LogP) is 2.22. The van der Waals surface area contributed by atoms with Gasteiger partial charge in [-0.15, -0.1) is 11.3 Å². The van der Waals surface area contributed by atoms with Gasteiger partial charge in [-0.3, -0.25) is 19.7 Å². The van der Waals surface area contributed by atoms with Crippen LogP contribution < -0.4 is 10.6 Å². The number of hydrogen-bond donors (Lipinski definition) is 2. The molecule has 2 aliphatic rings. The van der Waals surface area contributed by atoms with Gasteiger partial charge in [0.25, 0.3) is 5.91 Å². The second kappa shape index (κ2) is 8.67. The molecule has 2 saturated heterocycles. The SMILES string of the molecule is CCn1c(C(=O)N2CCC(C(=O)NC(=O)C3CCNCC3)CC2)cc2sccc21. The number of aryl methyl sites for hydroxylation is 1. The number of fused-ring (bicyclic) bond motifs is 1. The van der Waals surface area contributed by atoms with Crippen LogP contribution in [0.25, 0.3) is 10.2 Å². The third-order valence-electron chi connectivity index (χ3n) is 6.17. The van der Waals surface area contributed by atoms with E-state index in [-0.39, 0.29) is 29.6 Å². The van der Waals surface area contributed by atoms with Crippen molar-refractivity contribution in [3.63, 3.8) is 0 Å². The number of likely N-dealkylation sites (tertiary alicyclic amines) is 1. The van der Waals surface area contributed by atoms with E-state index in [0.717, 1.165) is 48.4 Å². The van der Waals surface area contributed by atoms with Gasteiger partial charge in [0.15, 0.2) is 0 Å². The normalized spacial score (nSPS) is 18.9. The molecule has 2 fully saturated rings. The average molecular weight is 417 g/mol. The third kappa shape index (κ3) is 4.09. The highest BCUT2D eigenvalue weighted by Gasteiger charge is 2.31. The zero-order valence-electron chi connectivity index (χ0n) is 16.8. The van der Waals surface area contributed by atoms with Gasteiger partial charge in [0.05, 0.1) is 10.2 Å². The number of imide groups is 1. The number of hydrogen-bond acceptors (Lipinski definition) is 5. The van der Waals surface area contributed by atoms with Crippen molar-refractivity contribution in [1.29, 1.82) is 0 Å². The lowest BCUT2D eigenvalue weighted by Crippen LogP contribution is -2.46. The fourth-order valence-corrected chi connectivity index (χ4v) is 5.23. The molecule has 7 nitrogen and oxygen atoms in total. The molecule has 4 heterocycles. The second-order valence-electron chi connectivity index (χ2n) is 7.89. The summed E-state index contributed by atoms with van der Waals surface area (Å²) in [5, 5.41) is 7.88. The van der Waals surface area contributed by atoms with Crippen LogP contribution in [0, 0.1) is 11.8 Å². The summed E-state index contributed by atoms with van der Waals surface area (Å²) in [6.45, 7) is 5.53. The van der Waals surface area contributed by atoms with Crippen LogP contribution in [0.2, 0.25) is 0 Å². The van der Waals surface area contributed by atoms with Gasteiger partial charge in [0.1, 0.15) is 5.69 Å². The Morgan fingerprint density at radius 3 is 2.41 bits per heavy atom. The lowest BCUT2D eigenvalue weighted by atomic mass is 9.94. The number of carbonyl (C=O) groups is 3. The highest BCUT2D eigenvalue weighted by atomic mass is 32.1. The maximum absolute atomic E-state index is 13.1. The molecule has 0 unspecified atom stereocenters. The Morgan fingerprint density at radius 2 is 1.76 bits per heavy atom. The first-order valence-electron chi connectivity index (χ1n) is 10.5. The molecular formula is C21H28N4O3S. The molecule has 4 rings (SSSR count). The Bertz CT molecular complexity index is 904. The quantitative estimate of drug-likeness (QED) is 0.749. The molecule has 0 radical (unpaired) electrons. The molecule has 156 valence electrons. The Hall–Kier alpha value is -2.19. The minimum Gasteiger partial charge on any atom is -0.337 e. The van der Waals surface area contributed by atoms with Crippen LogP contribution >= 0.6 is 11.3 Å². The molecule has 0 bridgehead atoms. The summed E-state index contributed by atoms with van der Waals surface area (Å²) < 4.78 is 3.19. The van der Waals surface area contributed by atoms with E-state index in [9.17, 15) is 14.4 Å². The molecule has 0 saturated carbocycles. The first kappa shape index (κ1) is 20.1. The van der Waals surface area contributed by atoms with E-state index in [1.54, 1.807) is 11.3 Å². The van der Waals surface area contributed by atoms with E-state index in [4.69, 9.17) is 0 Å². The largest absolute Gasteiger partial charge is 0.337 e. The summed E-state index contributed by atoms with van der Waals surface area (Å²) in [4.78, 5) is 39.7. The summed E-state index contributed by atoms with van der Waals surface area (Å²) >= 11 is 1.64. The number of aromatic nitrogens is 1. The van der Waals surface area contributed by atoms with Crippen LogP contribution in [0.1, 0.15) is 43.1 Å². The van der Waals surface area contributed by atoms with Crippen molar-refractivity contribution >= 4 is 39.3 Å². The van der Waals surface area contributed by atoms with Gasteiger partial charge in [-0.2, -0.15) is 0 Å². The Kier molecular flexibility index (Phi) is 6.01. The summed E-state index contributed by atoms with van der Waals surface area (Å²) in [7, 11) is 0. The Morgan fingerprint density at radius 1 is 1.10 bits per heavy atom. The zero-order valence-corrected chi connectivity index (χ0v) is 17.6. The average Bonchev–Trinajstić information content (AvgIpc) is 3.35. The fourth-order valence-electron chi connectivity index (χ4n) is 4.41. The predicted molar refractivity (Wildman–Crippen MR) is 113 cm³/mol. The molecule has 2 aromatic rings. The van der Waals surface area contributed by atoms with Crippen molar-refractivity contribution in [2.24, 2.45) is 11.8 Å². The second-order valence-corrected chi connectivity index (χ2v) is 8.84. The molecule has 2 aromatic heterocycles. The summed E-state index contributed by atoms with van der Waals surface area (Å²) in [5.74, 6) is -0.572. The van der Waals surface area contributed by atoms with Crippen LogP contribution in [0.4, 0.5) is 0 Å². The first-order chi connectivity index (χ1) is 14.1. The van der Waals surface area contributed by atoms with Crippen LogP contribution in [0.3, 0.4) is 0 Å². The van der Waals surface area contributed by atoms with E-state index in [0.29, 0.717) is 25.9 Å². The summed E-state index contributed by atoms with van der Waals surface area (Å²) in [6, 6.07) is 4.03. The van der Waals surface area contributed by atoms with E-state index in [1.165, 1.54) is 0 Å². The van der Waals surface area contributed by atoms with Crippen molar-refractivity contribution in [2.45, 2.75) is 39.2 Å². The van der Waals surface area contributed by atoms with Gasteiger partial charge in [0, 0.05) is 31.5 Å². The molecule has 2 aliphatic heterocycles. The van der Waals surface area contributed by atoms with Gasteiger partial charge in [0.2, 0.25) is 11.8 Å². The van der Waals surface area contributed by atoms with Gasteiger partial charge in [-0.05, 0) is 63.2 Å². The minimum absolute atomic E-state index is 0.0277. The van der Waals surface area contributed by atoms with Gasteiger partial charge in [-0.1, -0.05) is 0 Å². The van der Waals surface area contributed by atoms with Crippen molar-refractivity contribution in [2.75, 3.05) is 26.2 Å². The molecular weight excluding hydrogens is 388 g/mol. The molecule has 0 aromatic carbocycles. The summed E-state index contributed by atoms with van der Waals surface area (Å²) in [6.07, 6.45) is 2.75. The van der Waals surface area contributed by atoms with Crippen molar-refractivity contribution in [1.82, 2.24) is 20.1 Å². The summed E-state index contributed by atoms with van der Waals surface area (Å²) in [5.41, 5.74) is 1.82. The van der Waals surface area contributed by atoms with E-state index >= 15 is 0 Å². The zero-order chi connectivity index (χ0) is 20.4. The molecule has 0 spiro atoms. The first-order valence-corrected chi connectivity index (χ1v) is 11.4. The van der Waals surface area contributed by atoms with Crippen LogP contribution in [-0.2, 0) is 16.1 Å². The van der Waals surface area contributed by atoms with Gasteiger partial charge >= 0.3 is 0 Å². The van der Waals surface area contributed by atoms with E-state index in [1.807, 2.05) is 23.3 Å². The number of piperidine rings is 2. The molecule has 0 aliphatic carbocycles. The monoisotopic (exact) mass is 416 g/mol. The maximum atomic E-state index is 13.1. The lowest BCUT2D eigenvalue weighted by molar-refractivity contribution is -0.136. The topological polar surface area (TPSA) is 83.4 Å². The van der Waals surface area contributed by atoms with Crippen molar-refractivity contribution in [3.05, 3.63) is 23.2 Å². The van der Waals surface area contributed by atoms with Crippen LogP contribution in [0.5, 0.6) is 0 Å². The Labute approximate surface area is 174 Å². The minimum atomic E-state index is -0.203. The number of rotatable bonds is 4. The maximum Gasteiger partial charge on any atom is 0.270 e. The van der Waals surface area contributed by atoms with Crippen molar-refractivity contribution in [3.8, 4) is 0 Å². The third-order valence-corrected chi connectivity index (χ3v) is 7.02. The van der Waals surface area contributed by atoms with Gasteiger partial charge < -0.3 is 14.8 Å². The van der Waals surface area contributed by atoms with E-state index in [2.05, 4.69) is 21.3 Å². The van der Waals surface area contributed by atoms with Crippen molar-refractivity contribution < 1.29 is 14.4 Å². The Balaban J connectivity index is 1.33. The smallest absolute Gasteiger partial charge is 0.270 e. The molecule has 3 amide bonds. The number of nitrogens with zero attached hydrogens (tertiary/aromatic N) is 2. The number of amides is 3. The van der Waals surface area contributed by atoms with Gasteiger partial charge in [-0.25, -0.2) is 0 Å². The highest BCUT2D eigenvalue weighted by molar-refractivity contribution is 7.17. The number of nitrogens with one attached hydrogen (secondary N) is 2. The fraction of sp³-hybridized carbons (Fsp3) is 0.571. The number of carbonyl (C=O) groups excluding carboxylic acids is 3. The van der Waals surface area contributed by atoms with Crippen LogP contribution in [-0.4, -0.2) is 53.4 Å². The molecule has 0 atom stereocenters. The lowest BCUT2D eigenvalue weighted by Gasteiger charge is -2.31. The van der Waals surface area contributed by atoms with E-state index < -0.39 is 0 Å². The number of thiophene rings is 1. The molecule has 2 N–H and O–H groups in total. The standard InChI is InChI=1S/C21H28N4O3S/c1-2-25-16-7-12-29-18(16)13-17(25)21(28)24-10-5-15(6-11-24)20(27)23-19(26)14-3-8-22-9-4-14/h7,12-15,22H,2-6,8-11H2,1H3,(H,23,26,27). The molecule has 8 heteroatoms.